The van der Waals surface area contributed by atoms with Gasteiger partial charge in [-0.2, -0.15) is 0 Å². The minimum Gasteiger partial charge on any atom is -0.494 e. The molecule has 78 valence electrons. The Hall–Kier alpha value is -1.09. The third kappa shape index (κ3) is 2.70. The molecule has 2 nitrogen and oxygen atoms in total. The first-order valence-electron chi connectivity index (χ1n) is 4.75. The monoisotopic (exact) mass is 197 g/mol. The second-order valence-electron chi connectivity index (χ2n) is 3.34. The van der Waals surface area contributed by atoms with Crippen LogP contribution < -0.4 is 10.5 Å². The molecule has 0 radical (unpaired) electrons. The minimum absolute atomic E-state index is 0.130. The number of nitrogens with two attached hydrogens (primary N) is 1. The van der Waals surface area contributed by atoms with E-state index in [4.69, 9.17) is 10.5 Å². The number of rotatable bonds is 4. The third-order valence-electron chi connectivity index (χ3n) is 2.24. The molecular weight excluding hydrogens is 181 g/mol. The van der Waals surface area contributed by atoms with E-state index in [1.165, 1.54) is 13.2 Å². The Bertz CT molecular complexity index is 301. The highest BCUT2D eigenvalue weighted by molar-refractivity contribution is 5.30. The molecular formula is C11H16FNO. The van der Waals surface area contributed by atoms with Crippen LogP contribution in [0.4, 0.5) is 4.39 Å². The highest BCUT2D eigenvalue weighted by Crippen LogP contribution is 2.19. The summed E-state index contributed by atoms with van der Waals surface area (Å²) in [5.41, 5.74) is 6.81. The van der Waals surface area contributed by atoms with Crippen molar-refractivity contribution in [2.24, 2.45) is 5.73 Å². The number of hydrogen-bond donors (Lipinski definition) is 1. The molecule has 0 aliphatic carbocycles. The zero-order valence-corrected chi connectivity index (χ0v) is 8.59. The maximum absolute atomic E-state index is 13.0. The molecule has 0 aliphatic rings. The Balaban J connectivity index is 2.79. The van der Waals surface area contributed by atoms with E-state index in [2.05, 4.69) is 0 Å². The normalized spacial score (nSPS) is 12.6. The first-order chi connectivity index (χ1) is 6.67. The van der Waals surface area contributed by atoms with Gasteiger partial charge in [-0.1, -0.05) is 13.0 Å². The van der Waals surface area contributed by atoms with Gasteiger partial charge in [0.25, 0.3) is 0 Å². The molecule has 0 saturated heterocycles. The van der Waals surface area contributed by atoms with E-state index in [1.54, 1.807) is 12.1 Å². The van der Waals surface area contributed by atoms with Gasteiger partial charge >= 0.3 is 0 Å². The van der Waals surface area contributed by atoms with E-state index in [0.717, 1.165) is 18.4 Å². The standard InChI is InChI=1S/C11H16FNO/c1-3-9(13)6-8-4-5-10(12)11(7-8)14-2/h4-5,7,9H,3,6,13H2,1-2H3. The van der Waals surface area contributed by atoms with Crippen molar-refractivity contribution in [2.45, 2.75) is 25.8 Å². The smallest absolute Gasteiger partial charge is 0.165 e. The number of methoxy groups -OCH3 is 1. The lowest BCUT2D eigenvalue weighted by Gasteiger charge is -2.10. The fraction of sp³-hybridized carbons (Fsp3) is 0.455. The van der Waals surface area contributed by atoms with Crippen LogP contribution in [0.5, 0.6) is 5.75 Å². The summed E-state index contributed by atoms with van der Waals surface area (Å²) < 4.78 is 17.9. The minimum atomic E-state index is -0.332. The van der Waals surface area contributed by atoms with E-state index < -0.39 is 0 Å². The average Bonchev–Trinajstić information content (AvgIpc) is 2.20. The quantitative estimate of drug-likeness (QED) is 0.802. The molecule has 3 heteroatoms. The van der Waals surface area contributed by atoms with Crippen molar-refractivity contribution >= 4 is 0 Å². The Morgan fingerprint density at radius 3 is 2.79 bits per heavy atom. The molecule has 2 N–H and O–H groups in total. The molecule has 1 unspecified atom stereocenters. The summed E-state index contributed by atoms with van der Waals surface area (Å²) in [6, 6.07) is 4.99. The first kappa shape index (κ1) is 11.0. The van der Waals surface area contributed by atoms with Gasteiger partial charge in [0.05, 0.1) is 7.11 Å². The van der Waals surface area contributed by atoms with Gasteiger partial charge in [0.1, 0.15) is 0 Å². The molecule has 1 aromatic rings. The van der Waals surface area contributed by atoms with Crippen molar-refractivity contribution in [3.8, 4) is 5.75 Å². The van der Waals surface area contributed by atoms with Gasteiger partial charge in [-0.25, -0.2) is 4.39 Å². The maximum Gasteiger partial charge on any atom is 0.165 e. The van der Waals surface area contributed by atoms with Crippen LogP contribution in [0, 0.1) is 5.82 Å². The summed E-state index contributed by atoms with van der Waals surface area (Å²) in [5.74, 6) is -0.0490. The molecule has 0 saturated carbocycles. The Morgan fingerprint density at radius 1 is 1.50 bits per heavy atom. The van der Waals surface area contributed by atoms with Crippen molar-refractivity contribution in [3.05, 3.63) is 29.6 Å². The highest BCUT2D eigenvalue weighted by Gasteiger charge is 2.06. The predicted octanol–water partition coefficient (Wildman–Crippen LogP) is 2.11. The van der Waals surface area contributed by atoms with Gasteiger partial charge in [-0.3, -0.25) is 0 Å². The molecule has 0 aliphatic heterocycles. The van der Waals surface area contributed by atoms with Crippen molar-refractivity contribution in [2.75, 3.05) is 7.11 Å². The van der Waals surface area contributed by atoms with Crippen molar-refractivity contribution in [1.29, 1.82) is 0 Å². The fourth-order valence-electron chi connectivity index (χ4n) is 1.28. The first-order valence-corrected chi connectivity index (χ1v) is 4.75. The van der Waals surface area contributed by atoms with E-state index in [1.807, 2.05) is 6.92 Å². The van der Waals surface area contributed by atoms with Crippen molar-refractivity contribution in [3.63, 3.8) is 0 Å². The Kier molecular flexibility index (Phi) is 3.89. The van der Waals surface area contributed by atoms with Crippen LogP contribution in [0.1, 0.15) is 18.9 Å². The number of ether oxygens (including phenoxy) is 1. The van der Waals surface area contributed by atoms with E-state index >= 15 is 0 Å². The molecule has 0 heterocycles. The lowest BCUT2D eigenvalue weighted by atomic mass is 10.0. The molecule has 1 aromatic carbocycles. The van der Waals surface area contributed by atoms with Crippen LogP contribution in [-0.4, -0.2) is 13.2 Å². The number of hydrogen-bond acceptors (Lipinski definition) is 2. The fourth-order valence-corrected chi connectivity index (χ4v) is 1.28. The average molecular weight is 197 g/mol. The molecule has 0 aromatic heterocycles. The third-order valence-corrected chi connectivity index (χ3v) is 2.24. The zero-order chi connectivity index (χ0) is 10.6. The largest absolute Gasteiger partial charge is 0.494 e. The Morgan fingerprint density at radius 2 is 2.21 bits per heavy atom. The molecule has 0 amide bonds. The van der Waals surface area contributed by atoms with Crippen molar-refractivity contribution < 1.29 is 9.13 Å². The van der Waals surface area contributed by atoms with Gasteiger partial charge < -0.3 is 10.5 Å². The van der Waals surface area contributed by atoms with Crippen LogP contribution in [0.15, 0.2) is 18.2 Å². The molecule has 1 rings (SSSR count). The van der Waals surface area contributed by atoms with Crippen LogP contribution in [0.2, 0.25) is 0 Å². The van der Waals surface area contributed by atoms with Crippen LogP contribution >= 0.6 is 0 Å². The number of benzene rings is 1. The zero-order valence-electron chi connectivity index (χ0n) is 8.59. The summed E-state index contributed by atoms with van der Waals surface area (Å²) >= 11 is 0. The molecule has 0 spiro atoms. The molecule has 1 atom stereocenters. The number of halogens is 1. The van der Waals surface area contributed by atoms with Gasteiger partial charge in [-0.15, -0.1) is 0 Å². The maximum atomic E-state index is 13.0. The van der Waals surface area contributed by atoms with E-state index in [-0.39, 0.29) is 17.6 Å². The second-order valence-corrected chi connectivity index (χ2v) is 3.34. The van der Waals surface area contributed by atoms with E-state index in [9.17, 15) is 4.39 Å². The Labute approximate surface area is 83.9 Å². The summed E-state index contributed by atoms with van der Waals surface area (Å²) in [5, 5.41) is 0. The molecule has 0 bridgehead atoms. The van der Waals surface area contributed by atoms with Crippen LogP contribution in [0.3, 0.4) is 0 Å². The lowest BCUT2D eigenvalue weighted by molar-refractivity contribution is 0.385. The van der Waals surface area contributed by atoms with Crippen LogP contribution in [-0.2, 0) is 6.42 Å². The predicted molar refractivity (Wildman–Crippen MR) is 54.9 cm³/mol. The summed E-state index contributed by atoms with van der Waals surface area (Å²) in [7, 11) is 1.46. The van der Waals surface area contributed by atoms with E-state index in [0.29, 0.717) is 0 Å². The molecule has 0 fully saturated rings. The highest BCUT2D eigenvalue weighted by atomic mass is 19.1. The second kappa shape index (κ2) is 4.96. The lowest BCUT2D eigenvalue weighted by Crippen LogP contribution is -2.21. The topological polar surface area (TPSA) is 35.2 Å². The molecule has 14 heavy (non-hydrogen) atoms. The summed E-state index contributed by atoms with van der Waals surface area (Å²) in [6.07, 6.45) is 1.67. The van der Waals surface area contributed by atoms with Gasteiger partial charge in [0.2, 0.25) is 0 Å². The van der Waals surface area contributed by atoms with Gasteiger partial charge in [-0.05, 0) is 30.5 Å². The summed E-state index contributed by atoms with van der Waals surface area (Å²) in [4.78, 5) is 0. The summed E-state index contributed by atoms with van der Waals surface area (Å²) in [6.45, 7) is 2.03. The van der Waals surface area contributed by atoms with Crippen molar-refractivity contribution in [1.82, 2.24) is 0 Å². The van der Waals surface area contributed by atoms with Gasteiger partial charge in [0.15, 0.2) is 11.6 Å². The van der Waals surface area contributed by atoms with Gasteiger partial charge in [0, 0.05) is 6.04 Å². The van der Waals surface area contributed by atoms with Crippen LogP contribution in [0.25, 0.3) is 0 Å². The SMILES string of the molecule is CCC(N)Cc1ccc(F)c(OC)c1.